The molecule has 158 valence electrons. The first kappa shape index (κ1) is 20.3. The number of nitrogens with zero attached hydrogens (tertiary/aromatic N) is 3. The summed E-state index contributed by atoms with van der Waals surface area (Å²) in [6.07, 6.45) is 0. The molecule has 0 aliphatic rings. The van der Waals surface area contributed by atoms with Gasteiger partial charge in [-0.3, -0.25) is 14.9 Å². The Morgan fingerprint density at radius 2 is 1.09 bits per heavy atom. The van der Waals surface area contributed by atoms with Crippen molar-refractivity contribution in [3.8, 4) is 0 Å². The number of aromatic nitrogens is 2. The molecule has 1 N–H and O–H groups in total. The fourth-order valence-electron chi connectivity index (χ4n) is 4.19. The number of rotatable bonds is 7. The third-order valence-corrected chi connectivity index (χ3v) is 5.84. The normalized spacial score (nSPS) is 12.4. The average molecular weight is 420 g/mol. The van der Waals surface area contributed by atoms with Crippen LogP contribution in [0.2, 0.25) is 0 Å². The van der Waals surface area contributed by atoms with Crippen LogP contribution in [0.25, 0.3) is 21.8 Å². The Morgan fingerprint density at radius 3 is 1.62 bits per heavy atom. The standard InChI is InChI=1S/C28H25N3O/c32-20-28(23-10-2-1-3-11-23)31(18-24-16-14-21-8-4-6-12-26(21)29-24)19-25-17-15-22-9-5-7-13-27(22)30-25/h1-17,28,32H,18-20H2/t28-/m0/s1. The third-order valence-electron chi connectivity index (χ3n) is 5.84. The maximum atomic E-state index is 10.4. The fraction of sp³-hybridized carbons (Fsp3) is 0.143. The molecule has 4 nitrogen and oxygen atoms in total. The first-order valence-electron chi connectivity index (χ1n) is 10.9. The molecule has 5 rings (SSSR count). The zero-order chi connectivity index (χ0) is 21.8. The van der Waals surface area contributed by atoms with Crippen LogP contribution in [0.1, 0.15) is 23.0 Å². The Labute approximate surface area is 187 Å². The summed E-state index contributed by atoms with van der Waals surface area (Å²) < 4.78 is 0. The molecule has 0 saturated heterocycles. The molecule has 4 heteroatoms. The molecular weight excluding hydrogens is 394 g/mol. The van der Waals surface area contributed by atoms with Crippen LogP contribution >= 0.6 is 0 Å². The molecule has 5 aromatic rings. The van der Waals surface area contributed by atoms with Crippen LogP contribution in [0.4, 0.5) is 0 Å². The van der Waals surface area contributed by atoms with Crippen LogP contribution in [0.5, 0.6) is 0 Å². The first-order chi connectivity index (χ1) is 15.8. The van der Waals surface area contributed by atoms with Crippen LogP contribution in [0.15, 0.2) is 103 Å². The van der Waals surface area contributed by atoms with Crippen LogP contribution < -0.4 is 0 Å². The van der Waals surface area contributed by atoms with E-state index in [9.17, 15) is 5.11 Å². The Hall–Kier alpha value is -3.60. The number of hydrogen-bond donors (Lipinski definition) is 1. The van der Waals surface area contributed by atoms with Gasteiger partial charge in [-0.05, 0) is 29.8 Å². The van der Waals surface area contributed by atoms with E-state index in [1.807, 2.05) is 54.6 Å². The predicted octanol–water partition coefficient (Wildman–Crippen LogP) is 5.52. The first-order valence-corrected chi connectivity index (χ1v) is 10.9. The van der Waals surface area contributed by atoms with Crippen molar-refractivity contribution < 1.29 is 5.11 Å². The van der Waals surface area contributed by atoms with Crippen molar-refractivity contribution in [1.82, 2.24) is 14.9 Å². The number of hydrogen-bond acceptors (Lipinski definition) is 4. The Kier molecular flexibility index (Phi) is 5.88. The van der Waals surface area contributed by atoms with Gasteiger partial charge >= 0.3 is 0 Å². The van der Waals surface area contributed by atoms with Crippen molar-refractivity contribution in [2.45, 2.75) is 19.1 Å². The van der Waals surface area contributed by atoms with Gasteiger partial charge in [-0.1, -0.05) is 78.9 Å². The zero-order valence-electron chi connectivity index (χ0n) is 17.8. The highest BCUT2D eigenvalue weighted by Crippen LogP contribution is 2.25. The zero-order valence-corrected chi connectivity index (χ0v) is 17.8. The van der Waals surface area contributed by atoms with Gasteiger partial charge in [-0.15, -0.1) is 0 Å². The highest BCUT2D eigenvalue weighted by Gasteiger charge is 2.21. The van der Waals surface area contributed by atoms with Crippen molar-refractivity contribution in [2.75, 3.05) is 6.61 Å². The SMILES string of the molecule is OC[C@@H](c1ccccc1)N(Cc1ccc2ccccc2n1)Cc1ccc2ccccc2n1. The molecule has 0 aliphatic heterocycles. The van der Waals surface area contributed by atoms with E-state index >= 15 is 0 Å². The minimum absolute atomic E-state index is 0.0190. The Morgan fingerprint density at radius 1 is 0.594 bits per heavy atom. The van der Waals surface area contributed by atoms with E-state index in [2.05, 4.69) is 53.4 Å². The smallest absolute Gasteiger partial charge is 0.0705 e. The van der Waals surface area contributed by atoms with Gasteiger partial charge in [0.05, 0.1) is 35.1 Å². The Bertz CT molecular complexity index is 1260. The lowest BCUT2D eigenvalue weighted by Crippen LogP contribution is -2.31. The largest absolute Gasteiger partial charge is 0.394 e. The summed E-state index contributed by atoms with van der Waals surface area (Å²) in [5.41, 5.74) is 4.98. The average Bonchev–Trinajstić information content (AvgIpc) is 2.85. The van der Waals surface area contributed by atoms with E-state index in [4.69, 9.17) is 9.97 Å². The van der Waals surface area contributed by atoms with Gasteiger partial charge in [-0.2, -0.15) is 0 Å². The van der Waals surface area contributed by atoms with E-state index in [1.54, 1.807) is 0 Å². The van der Waals surface area contributed by atoms with Crippen molar-refractivity contribution in [3.05, 3.63) is 120 Å². The molecule has 0 bridgehead atoms. The minimum atomic E-state index is -0.155. The summed E-state index contributed by atoms with van der Waals surface area (Å²) in [5.74, 6) is 0. The maximum absolute atomic E-state index is 10.4. The van der Waals surface area contributed by atoms with Crippen molar-refractivity contribution in [2.24, 2.45) is 0 Å². The highest BCUT2D eigenvalue weighted by molar-refractivity contribution is 5.79. The van der Waals surface area contributed by atoms with Crippen molar-refractivity contribution in [1.29, 1.82) is 0 Å². The van der Waals surface area contributed by atoms with E-state index in [0.29, 0.717) is 13.1 Å². The minimum Gasteiger partial charge on any atom is -0.394 e. The second kappa shape index (κ2) is 9.27. The van der Waals surface area contributed by atoms with Gasteiger partial charge in [0.2, 0.25) is 0 Å². The van der Waals surface area contributed by atoms with Gasteiger partial charge in [0.1, 0.15) is 0 Å². The van der Waals surface area contributed by atoms with E-state index in [1.165, 1.54) is 0 Å². The van der Waals surface area contributed by atoms with Crippen LogP contribution in [-0.4, -0.2) is 26.6 Å². The summed E-state index contributed by atoms with van der Waals surface area (Å²) in [7, 11) is 0. The highest BCUT2D eigenvalue weighted by atomic mass is 16.3. The van der Waals surface area contributed by atoms with Crippen LogP contribution in [0.3, 0.4) is 0 Å². The molecule has 0 radical (unpaired) electrons. The summed E-state index contributed by atoms with van der Waals surface area (Å²) >= 11 is 0. The van der Waals surface area contributed by atoms with Gasteiger partial charge in [0.15, 0.2) is 0 Å². The second-order valence-electron chi connectivity index (χ2n) is 8.00. The Balaban J connectivity index is 1.50. The molecule has 0 aliphatic carbocycles. The second-order valence-corrected chi connectivity index (χ2v) is 8.00. The number of benzene rings is 3. The summed E-state index contributed by atoms with van der Waals surface area (Å²) in [6, 6.07) is 34.7. The molecule has 0 fully saturated rings. The lowest BCUT2D eigenvalue weighted by molar-refractivity contribution is 0.108. The third kappa shape index (κ3) is 4.37. The predicted molar refractivity (Wildman–Crippen MR) is 129 cm³/mol. The molecule has 32 heavy (non-hydrogen) atoms. The summed E-state index contributed by atoms with van der Waals surface area (Å²) in [4.78, 5) is 12.0. The lowest BCUT2D eigenvalue weighted by atomic mass is 10.0. The summed E-state index contributed by atoms with van der Waals surface area (Å²) in [6.45, 7) is 1.24. The molecule has 2 aromatic heterocycles. The quantitative estimate of drug-likeness (QED) is 0.377. The topological polar surface area (TPSA) is 49.2 Å². The van der Waals surface area contributed by atoms with Gasteiger partial charge in [0, 0.05) is 23.9 Å². The molecule has 2 heterocycles. The molecule has 1 atom stereocenters. The molecular formula is C28H25N3O. The number of para-hydroxylation sites is 2. The number of pyridine rings is 2. The molecule has 0 saturated carbocycles. The van der Waals surface area contributed by atoms with E-state index in [0.717, 1.165) is 38.8 Å². The number of aliphatic hydroxyl groups is 1. The number of fused-ring (bicyclic) bond motifs is 2. The fourth-order valence-corrected chi connectivity index (χ4v) is 4.19. The summed E-state index contributed by atoms with van der Waals surface area (Å²) in [5, 5.41) is 12.6. The number of aliphatic hydroxyl groups excluding tert-OH is 1. The van der Waals surface area contributed by atoms with E-state index < -0.39 is 0 Å². The maximum Gasteiger partial charge on any atom is 0.0705 e. The van der Waals surface area contributed by atoms with Crippen molar-refractivity contribution >= 4 is 21.8 Å². The van der Waals surface area contributed by atoms with Crippen molar-refractivity contribution in [3.63, 3.8) is 0 Å². The van der Waals surface area contributed by atoms with Gasteiger partial charge in [-0.25, -0.2) is 0 Å². The molecule has 0 amide bonds. The van der Waals surface area contributed by atoms with Crippen LogP contribution in [0, 0.1) is 0 Å². The lowest BCUT2D eigenvalue weighted by Gasteiger charge is -2.30. The van der Waals surface area contributed by atoms with Crippen LogP contribution in [-0.2, 0) is 13.1 Å². The molecule has 0 unspecified atom stereocenters. The molecule has 3 aromatic carbocycles. The monoisotopic (exact) mass is 419 g/mol. The van der Waals surface area contributed by atoms with Gasteiger partial charge < -0.3 is 5.11 Å². The molecule has 0 spiro atoms. The van der Waals surface area contributed by atoms with E-state index in [-0.39, 0.29) is 12.6 Å². The van der Waals surface area contributed by atoms with Gasteiger partial charge in [0.25, 0.3) is 0 Å².